The lowest BCUT2D eigenvalue weighted by Gasteiger charge is -2.21. The summed E-state index contributed by atoms with van der Waals surface area (Å²) in [5, 5.41) is 9.19. The van der Waals surface area contributed by atoms with Crippen LogP contribution in [-0.2, 0) is 0 Å². The molecular weight excluding hydrogens is 576 g/mol. The number of furan rings is 2. The van der Waals surface area contributed by atoms with Gasteiger partial charge in [0.25, 0.3) is 0 Å². The molecule has 3 nitrogen and oxygen atoms in total. The molecule has 0 saturated carbocycles. The van der Waals surface area contributed by atoms with E-state index >= 15 is 0 Å². The molecular formula is C44H24O3. The van der Waals surface area contributed by atoms with Crippen molar-refractivity contribution in [2.24, 2.45) is 0 Å². The molecule has 10 aromatic rings. The van der Waals surface area contributed by atoms with Gasteiger partial charge in [0.1, 0.15) is 33.8 Å². The van der Waals surface area contributed by atoms with Crippen LogP contribution in [0.5, 0.6) is 11.5 Å². The second kappa shape index (κ2) is 9.12. The third kappa shape index (κ3) is 3.57. The first kappa shape index (κ1) is 24.9. The number of hydrogen-bond donors (Lipinski definition) is 0. The molecule has 0 spiro atoms. The van der Waals surface area contributed by atoms with Gasteiger partial charge in [0, 0.05) is 32.5 Å². The van der Waals surface area contributed by atoms with Gasteiger partial charge in [-0.3, -0.25) is 0 Å². The summed E-state index contributed by atoms with van der Waals surface area (Å²) < 4.78 is 19.3. The predicted molar refractivity (Wildman–Crippen MR) is 192 cm³/mol. The summed E-state index contributed by atoms with van der Waals surface area (Å²) >= 11 is 0. The first-order valence-electron chi connectivity index (χ1n) is 15.9. The van der Waals surface area contributed by atoms with Gasteiger partial charge < -0.3 is 13.6 Å². The highest BCUT2D eigenvalue weighted by Gasteiger charge is 2.21. The van der Waals surface area contributed by atoms with Crippen molar-refractivity contribution in [1.82, 2.24) is 0 Å². The largest absolute Gasteiger partial charge is 0.456 e. The summed E-state index contributed by atoms with van der Waals surface area (Å²) in [5.74, 6) is 1.79. The Labute approximate surface area is 268 Å². The minimum Gasteiger partial charge on any atom is -0.456 e. The van der Waals surface area contributed by atoms with Crippen LogP contribution >= 0.6 is 0 Å². The molecule has 218 valence electrons. The summed E-state index contributed by atoms with van der Waals surface area (Å²) in [5.41, 5.74) is 10.3. The molecule has 0 amide bonds. The van der Waals surface area contributed by atoms with Crippen LogP contribution < -0.4 is 4.74 Å². The molecule has 2 aromatic heterocycles. The topological polar surface area (TPSA) is 35.5 Å². The second-order valence-corrected chi connectivity index (χ2v) is 12.5. The van der Waals surface area contributed by atoms with E-state index in [0.717, 1.165) is 88.6 Å². The zero-order valence-electron chi connectivity index (χ0n) is 25.1. The maximum atomic E-state index is 6.57. The van der Waals surface area contributed by atoms with E-state index in [-0.39, 0.29) is 0 Å². The summed E-state index contributed by atoms with van der Waals surface area (Å²) in [4.78, 5) is 0. The van der Waals surface area contributed by atoms with Gasteiger partial charge >= 0.3 is 0 Å². The van der Waals surface area contributed by atoms with Crippen molar-refractivity contribution >= 4 is 65.4 Å². The van der Waals surface area contributed by atoms with Crippen LogP contribution in [0.15, 0.2) is 154 Å². The minimum absolute atomic E-state index is 0.868. The van der Waals surface area contributed by atoms with E-state index in [9.17, 15) is 0 Å². The molecule has 11 rings (SSSR count). The summed E-state index contributed by atoms with van der Waals surface area (Å²) in [6.07, 6.45) is 0. The first-order valence-corrected chi connectivity index (χ1v) is 15.9. The van der Waals surface area contributed by atoms with Crippen LogP contribution in [0.25, 0.3) is 98.8 Å². The number of ether oxygens (including phenoxy) is 1. The highest BCUT2D eigenvalue weighted by atomic mass is 16.5. The van der Waals surface area contributed by atoms with Crippen molar-refractivity contribution in [3.8, 4) is 44.9 Å². The van der Waals surface area contributed by atoms with Gasteiger partial charge in [-0.25, -0.2) is 0 Å². The molecule has 0 bridgehead atoms. The van der Waals surface area contributed by atoms with Gasteiger partial charge in [-0.05, 0) is 105 Å². The Kier molecular flexibility index (Phi) is 4.84. The maximum Gasteiger partial charge on any atom is 0.136 e. The molecule has 8 aromatic carbocycles. The molecule has 0 unspecified atom stereocenters. The van der Waals surface area contributed by atoms with Gasteiger partial charge in [-0.2, -0.15) is 0 Å². The molecule has 3 heterocycles. The van der Waals surface area contributed by atoms with E-state index in [1.807, 2.05) is 12.1 Å². The molecule has 0 atom stereocenters. The molecule has 0 aliphatic carbocycles. The summed E-state index contributed by atoms with van der Waals surface area (Å²) in [6, 6.07) is 51.3. The van der Waals surface area contributed by atoms with Crippen LogP contribution in [-0.4, -0.2) is 0 Å². The van der Waals surface area contributed by atoms with E-state index in [0.29, 0.717) is 0 Å². The fourth-order valence-electron chi connectivity index (χ4n) is 7.62. The van der Waals surface area contributed by atoms with Crippen molar-refractivity contribution in [3.05, 3.63) is 146 Å². The van der Waals surface area contributed by atoms with Crippen LogP contribution in [0.2, 0.25) is 0 Å². The van der Waals surface area contributed by atoms with Crippen molar-refractivity contribution in [1.29, 1.82) is 0 Å². The Hall–Kier alpha value is -6.32. The van der Waals surface area contributed by atoms with Crippen LogP contribution in [0.4, 0.5) is 0 Å². The Balaban J connectivity index is 1.03. The van der Waals surface area contributed by atoms with Gasteiger partial charge in [0.05, 0.1) is 0 Å². The molecule has 0 fully saturated rings. The van der Waals surface area contributed by atoms with E-state index in [1.54, 1.807) is 0 Å². The molecule has 1 aliphatic rings. The van der Waals surface area contributed by atoms with Crippen LogP contribution in [0.3, 0.4) is 0 Å². The lowest BCUT2D eigenvalue weighted by atomic mass is 9.92. The van der Waals surface area contributed by atoms with Crippen molar-refractivity contribution in [2.45, 2.75) is 0 Å². The smallest absolute Gasteiger partial charge is 0.136 e. The molecule has 0 saturated heterocycles. The van der Waals surface area contributed by atoms with Gasteiger partial charge in [0.15, 0.2) is 0 Å². The Morgan fingerprint density at radius 2 is 0.957 bits per heavy atom. The SMILES string of the molecule is c1ccc2cc3c(cc2c1)oc1cccc(-c2ccc4c(c2)oc2cc(-c5ccc6c(c5)-c5cccc7cccc(c57)O6)ccc24)c13. The molecule has 3 heteroatoms. The van der Waals surface area contributed by atoms with E-state index in [2.05, 4.69) is 133 Å². The lowest BCUT2D eigenvalue weighted by molar-refractivity contribution is 0.487. The highest BCUT2D eigenvalue weighted by Crippen LogP contribution is 2.48. The zero-order valence-corrected chi connectivity index (χ0v) is 25.1. The highest BCUT2D eigenvalue weighted by molar-refractivity contribution is 6.16. The maximum absolute atomic E-state index is 6.57. The zero-order chi connectivity index (χ0) is 30.6. The Morgan fingerprint density at radius 3 is 1.83 bits per heavy atom. The third-order valence-electron chi connectivity index (χ3n) is 9.84. The lowest BCUT2D eigenvalue weighted by Crippen LogP contribution is -1.97. The monoisotopic (exact) mass is 600 g/mol. The number of fused-ring (bicyclic) bond motifs is 9. The predicted octanol–water partition coefficient (Wildman–Crippen LogP) is 12.9. The van der Waals surface area contributed by atoms with Crippen LogP contribution in [0.1, 0.15) is 0 Å². The normalized spacial score (nSPS) is 12.4. The molecule has 0 radical (unpaired) electrons. The number of hydrogen-bond acceptors (Lipinski definition) is 3. The fraction of sp³-hybridized carbons (Fsp3) is 0. The fourth-order valence-corrected chi connectivity index (χ4v) is 7.62. The standard InChI is InChI=1S/C44H24O3/c1-2-7-27-22-42-36(21-26(27)6-1)44-31(10-5-13-39(44)46-42)30-15-18-33-32-17-14-29(23-40(32)47-41(33)24-30)28-16-19-37-35(20-28)34-11-3-8-25-9-4-12-38(45-37)43(25)34/h1-24H. The van der Waals surface area contributed by atoms with E-state index < -0.39 is 0 Å². The summed E-state index contributed by atoms with van der Waals surface area (Å²) in [7, 11) is 0. The van der Waals surface area contributed by atoms with Gasteiger partial charge in [-0.1, -0.05) is 84.9 Å². The number of benzene rings is 8. The minimum atomic E-state index is 0.868. The third-order valence-corrected chi connectivity index (χ3v) is 9.84. The van der Waals surface area contributed by atoms with Crippen LogP contribution in [0, 0.1) is 0 Å². The van der Waals surface area contributed by atoms with Gasteiger partial charge in [0.2, 0.25) is 0 Å². The van der Waals surface area contributed by atoms with E-state index in [4.69, 9.17) is 13.6 Å². The molecule has 47 heavy (non-hydrogen) atoms. The van der Waals surface area contributed by atoms with Gasteiger partial charge in [-0.15, -0.1) is 0 Å². The van der Waals surface area contributed by atoms with Crippen molar-refractivity contribution in [3.63, 3.8) is 0 Å². The Morgan fingerprint density at radius 1 is 0.319 bits per heavy atom. The Bertz CT molecular complexity index is 2930. The second-order valence-electron chi connectivity index (χ2n) is 12.5. The van der Waals surface area contributed by atoms with Crippen molar-refractivity contribution in [2.75, 3.05) is 0 Å². The van der Waals surface area contributed by atoms with Crippen molar-refractivity contribution < 1.29 is 13.6 Å². The molecule has 0 N–H and O–H groups in total. The van der Waals surface area contributed by atoms with E-state index in [1.165, 1.54) is 21.7 Å². The average molecular weight is 601 g/mol. The quantitative estimate of drug-likeness (QED) is 0.198. The number of rotatable bonds is 2. The molecule has 1 aliphatic heterocycles. The summed E-state index contributed by atoms with van der Waals surface area (Å²) in [6.45, 7) is 0. The average Bonchev–Trinajstić information content (AvgIpc) is 3.67. The first-order chi connectivity index (χ1) is 23.2.